The van der Waals surface area contributed by atoms with Crippen molar-refractivity contribution < 1.29 is 0 Å². The molecule has 0 fully saturated rings. The number of aromatic nitrogens is 4. The number of hydrogen-bond donors (Lipinski definition) is 0. The van der Waals surface area contributed by atoms with Crippen LogP contribution in [0.25, 0.3) is 54.8 Å². The highest BCUT2D eigenvalue weighted by atomic mass is 15.0. The minimum atomic E-state index is 0.962. The van der Waals surface area contributed by atoms with Gasteiger partial charge in [-0.1, -0.05) is 36.4 Å². The first-order valence-electron chi connectivity index (χ1n) is 10.0. The van der Waals surface area contributed by atoms with Crippen LogP contribution in [0.4, 0.5) is 0 Å². The second-order valence-corrected chi connectivity index (χ2v) is 7.62. The van der Waals surface area contributed by atoms with Gasteiger partial charge in [-0.05, 0) is 41.8 Å². The van der Waals surface area contributed by atoms with Gasteiger partial charge < -0.3 is 4.57 Å². The number of imidazole rings is 1. The summed E-state index contributed by atoms with van der Waals surface area (Å²) in [5, 5.41) is 6.01. The first-order chi connectivity index (χ1) is 14.9. The van der Waals surface area contributed by atoms with Crippen molar-refractivity contribution in [1.29, 1.82) is 0 Å². The number of rotatable bonds is 1. The van der Waals surface area contributed by atoms with Gasteiger partial charge in [-0.15, -0.1) is 0 Å². The van der Waals surface area contributed by atoms with Gasteiger partial charge in [0, 0.05) is 45.8 Å². The predicted molar refractivity (Wildman–Crippen MR) is 122 cm³/mol. The summed E-state index contributed by atoms with van der Waals surface area (Å²) in [5.74, 6) is 0. The summed E-state index contributed by atoms with van der Waals surface area (Å²) < 4.78 is 4.49. The molecule has 7 rings (SSSR count). The molecule has 0 amide bonds. The van der Waals surface area contributed by atoms with Gasteiger partial charge in [0.05, 0.1) is 22.7 Å². The maximum Gasteiger partial charge on any atom is 0.145 e. The first-order valence-corrected chi connectivity index (χ1v) is 10.0. The fourth-order valence-electron chi connectivity index (χ4n) is 4.78. The molecule has 0 unspecified atom stereocenters. The normalized spacial score (nSPS) is 12.0. The lowest BCUT2D eigenvalue weighted by Crippen LogP contribution is -1.94. The summed E-state index contributed by atoms with van der Waals surface area (Å²) in [6, 6.07) is 25.9. The SMILES string of the molecule is c1ccc(-n2c3ccccc3c3cc4c(cc32)c2ccncc2n2ccnc42)cc1. The third-order valence-electron chi connectivity index (χ3n) is 6.06. The van der Waals surface area contributed by atoms with Crippen LogP contribution in [0.5, 0.6) is 0 Å². The lowest BCUT2D eigenvalue weighted by Gasteiger charge is -2.10. The van der Waals surface area contributed by atoms with Gasteiger partial charge in [-0.2, -0.15) is 0 Å². The van der Waals surface area contributed by atoms with Crippen LogP contribution in [0.3, 0.4) is 0 Å². The zero-order chi connectivity index (χ0) is 19.7. The molecule has 4 heterocycles. The minimum absolute atomic E-state index is 0.962. The van der Waals surface area contributed by atoms with Crippen LogP contribution in [0.15, 0.2) is 97.6 Å². The molecule has 4 nitrogen and oxygen atoms in total. The number of fused-ring (bicyclic) bond motifs is 9. The molecule has 0 saturated heterocycles. The zero-order valence-electron chi connectivity index (χ0n) is 16.0. The van der Waals surface area contributed by atoms with Crippen molar-refractivity contribution in [3.63, 3.8) is 0 Å². The molecule has 0 spiro atoms. The fraction of sp³-hybridized carbons (Fsp3) is 0. The van der Waals surface area contributed by atoms with E-state index < -0.39 is 0 Å². The maximum absolute atomic E-state index is 4.68. The van der Waals surface area contributed by atoms with Crippen LogP contribution in [-0.2, 0) is 0 Å². The van der Waals surface area contributed by atoms with Gasteiger partial charge in [-0.3, -0.25) is 9.38 Å². The van der Waals surface area contributed by atoms with Gasteiger partial charge in [-0.25, -0.2) is 4.98 Å². The van der Waals surface area contributed by atoms with E-state index in [9.17, 15) is 0 Å². The quantitative estimate of drug-likeness (QED) is 0.319. The monoisotopic (exact) mass is 384 g/mol. The third-order valence-corrected chi connectivity index (χ3v) is 6.06. The number of hydrogen-bond acceptors (Lipinski definition) is 2. The van der Waals surface area contributed by atoms with E-state index in [-0.39, 0.29) is 0 Å². The van der Waals surface area contributed by atoms with Crippen molar-refractivity contribution in [3.05, 3.63) is 97.6 Å². The van der Waals surface area contributed by atoms with Crippen molar-refractivity contribution in [2.45, 2.75) is 0 Å². The highest BCUT2D eigenvalue weighted by Crippen LogP contribution is 2.37. The van der Waals surface area contributed by atoms with Gasteiger partial charge in [0.2, 0.25) is 0 Å². The summed E-state index contributed by atoms with van der Waals surface area (Å²) in [7, 11) is 0. The molecule has 140 valence electrons. The van der Waals surface area contributed by atoms with Gasteiger partial charge in [0.25, 0.3) is 0 Å². The highest BCUT2D eigenvalue weighted by Gasteiger charge is 2.16. The highest BCUT2D eigenvalue weighted by molar-refractivity contribution is 6.20. The third kappa shape index (κ3) is 1.95. The summed E-state index contributed by atoms with van der Waals surface area (Å²) in [5.41, 5.74) is 5.60. The number of pyridine rings is 2. The average Bonchev–Trinajstić information content (AvgIpc) is 3.42. The molecule has 7 aromatic rings. The number of benzene rings is 3. The number of nitrogens with zero attached hydrogens (tertiary/aromatic N) is 4. The predicted octanol–water partition coefficient (Wildman–Crippen LogP) is 6.13. The molecule has 4 heteroatoms. The molecule has 0 radical (unpaired) electrons. The van der Waals surface area contributed by atoms with E-state index in [1.807, 2.05) is 24.8 Å². The van der Waals surface area contributed by atoms with Crippen molar-refractivity contribution in [2.24, 2.45) is 0 Å². The second-order valence-electron chi connectivity index (χ2n) is 7.62. The van der Waals surface area contributed by atoms with Crippen LogP contribution in [0.1, 0.15) is 0 Å². The van der Waals surface area contributed by atoms with Crippen molar-refractivity contribution in [2.75, 3.05) is 0 Å². The van der Waals surface area contributed by atoms with Crippen LogP contribution in [-0.4, -0.2) is 18.9 Å². The standard InChI is InChI=1S/C26H16N4/c1-2-6-17(7-3-1)30-23-9-5-4-8-18(23)21-14-22-20(15-24(21)30)19-10-11-27-16-25(19)29-13-12-28-26(22)29/h1-16H. The largest absolute Gasteiger partial charge is 0.309 e. The Morgan fingerprint density at radius 3 is 2.37 bits per heavy atom. The first kappa shape index (κ1) is 15.7. The van der Waals surface area contributed by atoms with Crippen LogP contribution in [0.2, 0.25) is 0 Å². The average molecular weight is 384 g/mol. The molecule has 0 atom stereocenters. The minimum Gasteiger partial charge on any atom is -0.309 e. The Morgan fingerprint density at radius 1 is 0.600 bits per heavy atom. The van der Waals surface area contributed by atoms with E-state index in [1.54, 1.807) is 0 Å². The van der Waals surface area contributed by atoms with E-state index >= 15 is 0 Å². The number of para-hydroxylation sites is 2. The Labute approximate surface area is 171 Å². The second kappa shape index (κ2) is 5.67. The topological polar surface area (TPSA) is 35.1 Å². The van der Waals surface area contributed by atoms with Gasteiger partial charge in [0.15, 0.2) is 0 Å². The van der Waals surface area contributed by atoms with E-state index in [0.29, 0.717) is 0 Å². The summed E-state index contributed by atoms with van der Waals surface area (Å²) in [6.07, 6.45) is 7.65. The Balaban J connectivity index is 1.78. The van der Waals surface area contributed by atoms with Gasteiger partial charge >= 0.3 is 0 Å². The van der Waals surface area contributed by atoms with Crippen molar-refractivity contribution in [1.82, 2.24) is 18.9 Å². The summed E-state index contributed by atoms with van der Waals surface area (Å²) in [6.45, 7) is 0. The Morgan fingerprint density at radius 2 is 1.43 bits per heavy atom. The molecule has 4 aromatic heterocycles. The van der Waals surface area contributed by atoms with Crippen LogP contribution in [0, 0.1) is 0 Å². The van der Waals surface area contributed by atoms with E-state index in [4.69, 9.17) is 0 Å². The fourth-order valence-corrected chi connectivity index (χ4v) is 4.78. The Kier molecular flexibility index (Phi) is 2.97. The van der Waals surface area contributed by atoms with Crippen LogP contribution < -0.4 is 0 Å². The van der Waals surface area contributed by atoms with E-state index in [2.05, 4.69) is 91.7 Å². The van der Waals surface area contributed by atoms with E-state index in [0.717, 1.165) is 22.2 Å². The molecule has 0 saturated carbocycles. The van der Waals surface area contributed by atoms with Crippen molar-refractivity contribution >= 4 is 49.1 Å². The molecule has 0 aliphatic rings. The summed E-state index contributed by atoms with van der Waals surface area (Å²) >= 11 is 0. The van der Waals surface area contributed by atoms with Crippen molar-refractivity contribution in [3.8, 4) is 5.69 Å². The molecular weight excluding hydrogens is 368 g/mol. The molecule has 0 N–H and O–H groups in total. The lowest BCUT2D eigenvalue weighted by atomic mass is 10.0. The molecule has 30 heavy (non-hydrogen) atoms. The smallest absolute Gasteiger partial charge is 0.145 e. The lowest BCUT2D eigenvalue weighted by molar-refractivity contribution is 1.18. The molecule has 3 aromatic carbocycles. The Hall–Kier alpha value is -4.18. The Bertz CT molecular complexity index is 1740. The van der Waals surface area contributed by atoms with E-state index in [1.165, 1.54) is 32.6 Å². The molecular formula is C26H16N4. The molecule has 0 bridgehead atoms. The maximum atomic E-state index is 4.68. The summed E-state index contributed by atoms with van der Waals surface area (Å²) in [4.78, 5) is 9.04. The molecule has 0 aliphatic carbocycles. The van der Waals surface area contributed by atoms with Gasteiger partial charge in [0.1, 0.15) is 5.65 Å². The zero-order valence-corrected chi connectivity index (χ0v) is 16.0. The van der Waals surface area contributed by atoms with Crippen LogP contribution >= 0.6 is 0 Å². The molecule has 0 aliphatic heterocycles.